The Kier molecular flexibility index (Phi) is 5.50. The van der Waals surface area contributed by atoms with E-state index in [9.17, 15) is 0 Å². The number of rotatable bonds is 5. The van der Waals surface area contributed by atoms with Crippen LogP contribution in [0.25, 0.3) is 0 Å². The molecule has 0 aliphatic heterocycles. The van der Waals surface area contributed by atoms with Gasteiger partial charge in [0.1, 0.15) is 0 Å². The van der Waals surface area contributed by atoms with Crippen LogP contribution < -0.4 is 5.32 Å². The van der Waals surface area contributed by atoms with Gasteiger partial charge >= 0.3 is 0 Å². The maximum Gasteiger partial charge on any atom is 0.0511 e. The van der Waals surface area contributed by atoms with Crippen molar-refractivity contribution in [2.45, 2.75) is 32.7 Å². The molecule has 2 aromatic carbocycles. The summed E-state index contributed by atoms with van der Waals surface area (Å²) in [6.07, 6.45) is 2.10. The molecule has 2 rings (SSSR count). The second-order valence-corrected chi connectivity index (χ2v) is 6.12. The molecule has 0 aliphatic rings. The summed E-state index contributed by atoms with van der Waals surface area (Å²) in [6.45, 7) is 4.37. The molecule has 3 heteroatoms. The van der Waals surface area contributed by atoms with Gasteiger partial charge in [-0.1, -0.05) is 49.7 Å². The lowest BCUT2D eigenvalue weighted by molar-refractivity contribution is 0.748. The van der Waals surface area contributed by atoms with Crippen molar-refractivity contribution in [3.8, 4) is 0 Å². The topological polar surface area (TPSA) is 12.0 Å². The Hall–Kier alpha value is -0.990. The smallest absolute Gasteiger partial charge is 0.0511 e. The number of aryl methyl sites for hydroxylation is 1. The molecule has 0 amide bonds. The van der Waals surface area contributed by atoms with Crippen LogP contribution in [-0.2, 0) is 6.42 Å². The average Bonchev–Trinajstić information content (AvgIpc) is 2.47. The third kappa shape index (κ3) is 3.77. The van der Waals surface area contributed by atoms with E-state index < -0.39 is 0 Å². The summed E-state index contributed by atoms with van der Waals surface area (Å²) in [6, 6.07) is 15.0. The van der Waals surface area contributed by atoms with Gasteiger partial charge in [0, 0.05) is 15.2 Å². The molecule has 1 nitrogen and oxygen atoms in total. The lowest BCUT2D eigenvalue weighted by atomic mass is 10.0. The van der Waals surface area contributed by atoms with Crippen LogP contribution in [0.1, 0.15) is 37.4 Å². The van der Waals surface area contributed by atoms with E-state index in [0.717, 1.165) is 28.0 Å². The Morgan fingerprint density at radius 3 is 2.35 bits per heavy atom. The van der Waals surface area contributed by atoms with Crippen LogP contribution >= 0.6 is 27.5 Å². The molecular weight excluding hydrogens is 334 g/mol. The second-order valence-electron chi connectivity index (χ2n) is 4.82. The van der Waals surface area contributed by atoms with Crippen LogP contribution in [0, 0.1) is 0 Å². The molecule has 2 aromatic rings. The Bertz CT molecular complexity index is 566. The van der Waals surface area contributed by atoms with Crippen LogP contribution in [0.15, 0.2) is 46.9 Å². The molecule has 0 heterocycles. The van der Waals surface area contributed by atoms with E-state index >= 15 is 0 Å². The Morgan fingerprint density at radius 1 is 1.10 bits per heavy atom. The van der Waals surface area contributed by atoms with Crippen molar-refractivity contribution in [3.63, 3.8) is 0 Å². The normalized spacial score (nSPS) is 12.2. The van der Waals surface area contributed by atoms with E-state index in [-0.39, 0.29) is 0 Å². The van der Waals surface area contributed by atoms with Crippen molar-refractivity contribution < 1.29 is 0 Å². The first-order chi connectivity index (χ1) is 9.63. The third-order valence-corrected chi connectivity index (χ3v) is 4.35. The van der Waals surface area contributed by atoms with E-state index in [4.69, 9.17) is 11.6 Å². The standard InChI is InChI=1S/C17H19BrClN/c1-3-12-5-7-13(8-6-12)16(4-2)20-17-10-9-14(19)11-15(17)18/h5-11,16,20H,3-4H2,1-2H3. The summed E-state index contributed by atoms with van der Waals surface area (Å²) >= 11 is 9.53. The Balaban J connectivity index is 2.19. The predicted octanol–water partition coefficient (Wildman–Crippen LogP) is 6.23. The summed E-state index contributed by atoms with van der Waals surface area (Å²) in [7, 11) is 0. The van der Waals surface area contributed by atoms with Gasteiger partial charge in [-0.2, -0.15) is 0 Å². The predicted molar refractivity (Wildman–Crippen MR) is 91.6 cm³/mol. The van der Waals surface area contributed by atoms with Gasteiger partial charge in [0.25, 0.3) is 0 Å². The lowest BCUT2D eigenvalue weighted by Gasteiger charge is -2.20. The van der Waals surface area contributed by atoms with Crippen LogP contribution in [0.2, 0.25) is 5.02 Å². The minimum atomic E-state index is 0.304. The SMILES string of the molecule is CCc1ccc(C(CC)Nc2ccc(Cl)cc2Br)cc1. The van der Waals surface area contributed by atoms with Crippen LogP contribution in [0.3, 0.4) is 0 Å². The van der Waals surface area contributed by atoms with Crippen LogP contribution in [-0.4, -0.2) is 0 Å². The summed E-state index contributed by atoms with van der Waals surface area (Å²) in [5.74, 6) is 0. The third-order valence-electron chi connectivity index (χ3n) is 3.46. The van der Waals surface area contributed by atoms with E-state index in [2.05, 4.69) is 59.4 Å². The molecule has 0 aliphatic carbocycles. The van der Waals surface area contributed by atoms with Gasteiger partial charge in [-0.05, 0) is 58.1 Å². The summed E-state index contributed by atoms with van der Waals surface area (Å²) in [5, 5.41) is 4.31. The monoisotopic (exact) mass is 351 g/mol. The van der Waals surface area contributed by atoms with Gasteiger partial charge in [-0.25, -0.2) is 0 Å². The molecule has 0 radical (unpaired) electrons. The van der Waals surface area contributed by atoms with Crippen molar-refractivity contribution in [2.75, 3.05) is 5.32 Å². The number of nitrogens with one attached hydrogen (secondary N) is 1. The van der Waals surface area contributed by atoms with Crippen molar-refractivity contribution in [2.24, 2.45) is 0 Å². The van der Waals surface area contributed by atoms with Crippen LogP contribution in [0.4, 0.5) is 5.69 Å². The molecule has 0 spiro atoms. The number of hydrogen-bond donors (Lipinski definition) is 1. The molecule has 20 heavy (non-hydrogen) atoms. The highest BCUT2D eigenvalue weighted by atomic mass is 79.9. The zero-order chi connectivity index (χ0) is 14.5. The number of benzene rings is 2. The van der Waals surface area contributed by atoms with Gasteiger partial charge in [-0.15, -0.1) is 0 Å². The molecule has 106 valence electrons. The first kappa shape index (κ1) is 15.4. The molecular formula is C17H19BrClN. The summed E-state index contributed by atoms with van der Waals surface area (Å²) < 4.78 is 0.994. The molecule has 1 N–H and O–H groups in total. The molecule has 0 saturated heterocycles. The zero-order valence-corrected chi connectivity index (χ0v) is 14.1. The fourth-order valence-electron chi connectivity index (χ4n) is 2.20. The summed E-state index contributed by atoms with van der Waals surface area (Å²) in [4.78, 5) is 0. The van der Waals surface area contributed by atoms with E-state index in [1.165, 1.54) is 11.1 Å². The highest BCUT2D eigenvalue weighted by Crippen LogP contribution is 2.30. The van der Waals surface area contributed by atoms with Crippen LogP contribution in [0.5, 0.6) is 0 Å². The second kappa shape index (κ2) is 7.14. The van der Waals surface area contributed by atoms with Gasteiger partial charge in [-0.3, -0.25) is 0 Å². The fraction of sp³-hybridized carbons (Fsp3) is 0.294. The lowest BCUT2D eigenvalue weighted by Crippen LogP contribution is -2.10. The van der Waals surface area contributed by atoms with Gasteiger partial charge in [0.05, 0.1) is 6.04 Å². The quantitative estimate of drug-likeness (QED) is 0.672. The van der Waals surface area contributed by atoms with E-state index in [0.29, 0.717) is 6.04 Å². The Morgan fingerprint density at radius 2 is 1.80 bits per heavy atom. The maximum absolute atomic E-state index is 5.98. The molecule has 0 saturated carbocycles. The number of halogens is 2. The average molecular weight is 353 g/mol. The minimum absolute atomic E-state index is 0.304. The largest absolute Gasteiger partial charge is 0.377 e. The molecule has 0 fully saturated rings. The van der Waals surface area contributed by atoms with Crippen molar-refractivity contribution in [1.82, 2.24) is 0 Å². The number of anilines is 1. The van der Waals surface area contributed by atoms with E-state index in [1.807, 2.05) is 18.2 Å². The molecule has 0 aromatic heterocycles. The minimum Gasteiger partial charge on any atom is -0.377 e. The molecule has 0 bridgehead atoms. The van der Waals surface area contributed by atoms with Crippen molar-refractivity contribution >= 4 is 33.2 Å². The van der Waals surface area contributed by atoms with Gasteiger partial charge in [0.2, 0.25) is 0 Å². The zero-order valence-electron chi connectivity index (χ0n) is 11.8. The highest BCUT2D eigenvalue weighted by Gasteiger charge is 2.11. The first-order valence-corrected chi connectivity index (χ1v) is 8.11. The summed E-state index contributed by atoms with van der Waals surface area (Å²) in [5.41, 5.74) is 3.75. The van der Waals surface area contributed by atoms with Crippen molar-refractivity contribution in [1.29, 1.82) is 0 Å². The highest BCUT2D eigenvalue weighted by molar-refractivity contribution is 9.10. The first-order valence-electron chi connectivity index (χ1n) is 6.94. The fourth-order valence-corrected chi connectivity index (χ4v) is 3.00. The molecule has 1 atom stereocenters. The van der Waals surface area contributed by atoms with Gasteiger partial charge < -0.3 is 5.32 Å². The van der Waals surface area contributed by atoms with Gasteiger partial charge in [0.15, 0.2) is 0 Å². The van der Waals surface area contributed by atoms with E-state index in [1.54, 1.807) is 0 Å². The Labute approximate surface area is 134 Å². The number of hydrogen-bond acceptors (Lipinski definition) is 1. The molecule has 1 unspecified atom stereocenters. The maximum atomic E-state index is 5.98. The van der Waals surface area contributed by atoms with Crippen molar-refractivity contribution in [3.05, 3.63) is 63.1 Å².